The highest BCUT2D eigenvalue weighted by Gasteiger charge is 2.25. The Kier molecular flexibility index (Phi) is 78.0. The summed E-state index contributed by atoms with van der Waals surface area (Å²) >= 11 is 0. The van der Waals surface area contributed by atoms with E-state index < -0.39 is 0 Å². The van der Waals surface area contributed by atoms with Gasteiger partial charge in [-0.2, -0.15) is 0 Å². The minimum Gasteiger partial charge on any atom is -0.347 e. The SMILES string of the molecule is C1CCCCC1.C1CCCCC1.C1CCCCC1.C=C/C=C\C(=C\C(C)=O)C(=O)N(C)C(C)CN(C)C.CC(=O)N1CCN(CCN(C)C=O)CC1.CC(CN(C)C)N(C)C=O.CC=O.CC=O.CC=O.CCCC[C@@H](CC(C)=O)C(=O)N(C)CCN1CCN(C(C)=O)CC1.CN(C=O)CCN1CCNCC1. The lowest BCUT2D eigenvalue weighted by Gasteiger charge is -2.35. The number of nitrogens with one attached hydrogen (secondary N) is 1. The number of hydrogen-bond donors (Lipinski definition) is 1. The molecular formula is C82H157N13O12. The van der Waals surface area contributed by atoms with Gasteiger partial charge in [-0.3, -0.25) is 53.1 Å². The second-order valence-corrected chi connectivity index (χ2v) is 28.7. The van der Waals surface area contributed by atoms with Crippen LogP contribution < -0.4 is 5.32 Å². The Bertz CT molecular complexity index is 2250. The minimum atomic E-state index is -0.179. The monoisotopic (exact) mass is 1520 g/mol. The standard InChI is InChI=1S/C18H33N3O3.C15H24N2O2.C10H19N3O2.C8H17N3O.C7H16N2O.3C6H12.3C2H4O/c1-5-6-7-17(14-15(2)22)18(24)19(4)8-9-20-10-12-21(13-11-20)16(3)23;1-7-8-9-14(10-13(3)18)15(19)17(6)12(2)11-16(4)5;1-10(15)13-7-5-12(6-8-13)4-3-11(2)9-14;1-10(8-12)6-7-11-4-2-9-3-5-11;1-7(5-8(2)3)9(4)6-10;3*1-2-4-6-5-3-1;3*1-2-3/h17H,5-14H2,1-4H3;7-10,12H,1,11H2,2-6H3;9H,3-8H2,1-2H3;8-9H,2-7H2,1H3;6-7H,5H2,1-4H3;3*1-6H2;3*2H,1H3/b;9-8-,14-10-;;;;;;;;;/t17-;;;;;;;;;;/m0........../s1. The van der Waals surface area contributed by atoms with Gasteiger partial charge in [0.05, 0.1) is 0 Å². The molecule has 3 heterocycles. The molecule has 622 valence electrons. The fourth-order valence-electron chi connectivity index (χ4n) is 11.6. The maximum Gasteiger partial charge on any atom is 0.254 e. The third-order valence-electron chi connectivity index (χ3n) is 18.3. The van der Waals surface area contributed by atoms with Gasteiger partial charge < -0.3 is 68.6 Å². The number of allylic oxidation sites excluding steroid dienone is 3. The average Bonchev–Trinajstić information content (AvgIpc) is 0.890. The largest absolute Gasteiger partial charge is 0.347 e. The Morgan fingerprint density at radius 3 is 1.10 bits per heavy atom. The summed E-state index contributed by atoms with van der Waals surface area (Å²) in [7, 11) is 16.9. The van der Waals surface area contributed by atoms with Crippen molar-refractivity contribution in [2.24, 2.45) is 5.92 Å². The van der Waals surface area contributed by atoms with E-state index in [1.54, 1.807) is 84.6 Å². The maximum atomic E-state index is 12.6. The Morgan fingerprint density at radius 2 is 0.813 bits per heavy atom. The molecule has 0 spiro atoms. The van der Waals surface area contributed by atoms with Crippen LogP contribution in [0.1, 0.15) is 210 Å². The zero-order valence-electron chi connectivity index (χ0n) is 71.2. The van der Waals surface area contributed by atoms with Crippen LogP contribution in [0.3, 0.4) is 0 Å². The second kappa shape index (κ2) is 76.4. The summed E-state index contributed by atoms with van der Waals surface area (Å²) in [6, 6.07) is 0.363. The number of piperazine rings is 3. The third kappa shape index (κ3) is 69.8. The van der Waals surface area contributed by atoms with E-state index in [0.717, 1.165) is 182 Å². The lowest BCUT2D eigenvalue weighted by atomic mass is 9.95. The summed E-state index contributed by atoms with van der Waals surface area (Å²) in [5, 5.41) is 3.29. The number of amides is 7. The summed E-state index contributed by atoms with van der Waals surface area (Å²) < 4.78 is 0. The Labute approximate surface area is 651 Å². The molecule has 6 aliphatic rings. The molecule has 1 N–H and O–H groups in total. The van der Waals surface area contributed by atoms with Gasteiger partial charge in [-0.15, -0.1) is 0 Å². The number of rotatable bonds is 28. The Balaban J connectivity index is -0.000000378. The van der Waals surface area contributed by atoms with Gasteiger partial charge >= 0.3 is 0 Å². The van der Waals surface area contributed by atoms with Crippen molar-refractivity contribution >= 4 is 73.3 Å². The fourth-order valence-corrected chi connectivity index (χ4v) is 11.6. The molecule has 3 saturated heterocycles. The van der Waals surface area contributed by atoms with Crippen LogP contribution in [0.15, 0.2) is 36.5 Å². The van der Waals surface area contributed by atoms with Gasteiger partial charge in [0.25, 0.3) is 5.91 Å². The van der Waals surface area contributed by atoms with Crippen molar-refractivity contribution in [2.45, 2.75) is 223 Å². The van der Waals surface area contributed by atoms with Gasteiger partial charge in [0.2, 0.25) is 37.0 Å². The summed E-state index contributed by atoms with van der Waals surface area (Å²) in [6.07, 6.45) is 41.1. The van der Waals surface area contributed by atoms with Crippen LogP contribution in [-0.4, -0.2) is 338 Å². The molecule has 0 radical (unpaired) electrons. The van der Waals surface area contributed by atoms with Gasteiger partial charge in [-0.25, -0.2) is 0 Å². The van der Waals surface area contributed by atoms with E-state index >= 15 is 0 Å². The smallest absolute Gasteiger partial charge is 0.254 e. The zero-order chi connectivity index (χ0) is 82.2. The van der Waals surface area contributed by atoms with E-state index in [1.165, 1.54) is 149 Å². The van der Waals surface area contributed by atoms with E-state index in [1.807, 2.05) is 70.8 Å². The van der Waals surface area contributed by atoms with E-state index in [0.29, 0.717) is 24.6 Å². The summed E-state index contributed by atoms with van der Waals surface area (Å²) in [5.41, 5.74) is 0.375. The first-order valence-corrected chi connectivity index (χ1v) is 39.8. The van der Waals surface area contributed by atoms with Crippen LogP contribution in [0.5, 0.6) is 0 Å². The molecule has 3 aliphatic carbocycles. The molecule has 107 heavy (non-hydrogen) atoms. The molecule has 25 nitrogen and oxygen atoms in total. The summed E-state index contributed by atoms with van der Waals surface area (Å²) in [4.78, 5) is 150. The number of Topliss-reactive ketones (excluding diaryl/α,β-unsaturated/α-hetero) is 1. The molecule has 0 aromatic heterocycles. The third-order valence-corrected chi connectivity index (χ3v) is 18.3. The highest BCUT2D eigenvalue weighted by molar-refractivity contribution is 6.03. The fraction of sp³-hybridized carbons (Fsp3) is 0.780. The van der Waals surface area contributed by atoms with Crippen molar-refractivity contribution in [3.8, 4) is 0 Å². The molecule has 0 aromatic carbocycles. The van der Waals surface area contributed by atoms with Gasteiger partial charge in [-0.1, -0.05) is 154 Å². The summed E-state index contributed by atoms with van der Waals surface area (Å²) in [5.74, 6) is -0.0424. The number of hydrogen-bond acceptors (Lipinski definition) is 18. The molecule has 3 aliphatic heterocycles. The molecule has 0 aromatic rings. The van der Waals surface area contributed by atoms with Crippen molar-refractivity contribution < 1.29 is 57.5 Å². The molecule has 7 amide bonds. The second-order valence-electron chi connectivity index (χ2n) is 28.7. The molecular weight excluding hydrogens is 1360 g/mol. The quantitative estimate of drug-likeness (QED) is 0.0435. The van der Waals surface area contributed by atoms with Crippen molar-refractivity contribution in [3.63, 3.8) is 0 Å². The number of carbonyl (C=O) groups excluding carboxylic acids is 12. The van der Waals surface area contributed by atoms with Crippen molar-refractivity contribution in [2.75, 3.05) is 194 Å². The topological polar surface area (TPSA) is 256 Å². The molecule has 6 fully saturated rings. The van der Waals surface area contributed by atoms with Crippen LogP contribution in [0.4, 0.5) is 0 Å². The van der Waals surface area contributed by atoms with Crippen LogP contribution in [0.2, 0.25) is 0 Å². The Hall–Kier alpha value is -6.38. The first kappa shape index (κ1) is 109. The van der Waals surface area contributed by atoms with Gasteiger partial charge in [0, 0.05) is 210 Å². The average molecular weight is 1520 g/mol. The van der Waals surface area contributed by atoms with Gasteiger partial charge in [-0.05, 0) is 95.2 Å². The van der Waals surface area contributed by atoms with E-state index in [-0.39, 0.29) is 47.2 Å². The number of unbranched alkanes of at least 4 members (excludes halogenated alkanes) is 1. The number of carbonyl (C=O) groups is 12. The van der Waals surface area contributed by atoms with Crippen molar-refractivity contribution in [1.82, 2.24) is 64.1 Å². The lowest BCUT2D eigenvalue weighted by molar-refractivity contribution is -0.137. The highest BCUT2D eigenvalue weighted by atomic mass is 16.2. The van der Waals surface area contributed by atoms with E-state index in [2.05, 4.69) is 38.4 Å². The van der Waals surface area contributed by atoms with E-state index in [9.17, 15) is 43.2 Å². The minimum absolute atomic E-state index is 0.0648. The first-order valence-electron chi connectivity index (χ1n) is 39.8. The molecule has 6 rings (SSSR count). The number of nitrogens with zero attached hydrogens (tertiary/aromatic N) is 12. The molecule has 3 atom stereocenters. The van der Waals surface area contributed by atoms with E-state index in [4.69, 9.17) is 14.4 Å². The lowest BCUT2D eigenvalue weighted by Crippen LogP contribution is -2.50. The predicted octanol–water partition coefficient (Wildman–Crippen LogP) is 8.93. The van der Waals surface area contributed by atoms with Crippen LogP contribution in [-0.2, 0) is 57.5 Å². The zero-order valence-corrected chi connectivity index (χ0v) is 71.2. The molecule has 25 heteroatoms. The summed E-state index contributed by atoms with van der Waals surface area (Å²) in [6.45, 7) is 37.8. The van der Waals surface area contributed by atoms with Gasteiger partial charge in [0.15, 0.2) is 5.78 Å². The first-order chi connectivity index (χ1) is 50.9. The predicted molar refractivity (Wildman–Crippen MR) is 439 cm³/mol. The van der Waals surface area contributed by atoms with Crippen molar-refractivity contribution in [1.29, 1.82) is 0 Å². The molecule has 0 bridgehead atoms. The highest BCUT2D eigenvalue weighted by Crippen LogP contribution is 2.19. The normalized spacial score (nSPS) is 16.4. The number of ketones is 2. The van der Waals surface area contributed by atoms with Crippen LogP contribution in [0, 0.1) is 5.92 Å². The molecule has 2 unspecified atom stereocenters. The van der Waals surface area contributed by atoms with Gasteiger partial charge in [0.1, 0.15) is 24.6 Å². The van der Waals surface area contributed by atoms with Crippen molar-refractivity contribution in [3.05, 3.63) is 36.5 Å². The van der Waals surface area contributed by atoms with Crippen LogP contribution in [0.25, 0.3) is 0 Å². The number of likely N-dealkylation sites (N-methyl/N-ethyl adjacent to an activating group) is 7. The molecule has 3 saturated carbocycles. The number of aldehydes is 3. The van der Waals surface area contributed by atoms with Crippen LogP contribution >= 0.6 is 0 Å². The maximum absolute atomic E-state index is 12.6. The Morgan fingerprint density at radius 1 is 0.477 bits per heavy atom.